The quantitative estimate of drug-likeness (QED) is 0.481. The summed E-state index contributed by atoms with van der Waals surface area (Å²) in [4.78, 5) is 32.5. The first kappa shape index (κ1) is 14.9. The summed E-state index contributed by atoms with van der Waals surface area (Å²) in [5, 5.41) is 16.0. The lowest BCUT2D eigenvalue weighted by molar-refractivity contribution is -0.385. The highest BCUT2D eigenvalue weighted by Crippen LogP contribution is 2.22. The predicted octanol–water partition coefficient (Wildman–Crippen LogP) is 1.11. The fourth-order valence-corrected chi connectivity index (χ4v) is 1.53. The molecule has 1 aromatic carbocycles. The molecule has 2 N–H and O–H groups in total. The summed E-state index contributed by atoms with van der Waals surface area (Å²) in [6.45, 7) is 1.77. The first-order chi connectivity index (χ1) is 8.91. The van der Waals surface area contributed by atoms with Gasteiger partial charge in [0.15, 0.2) is 0 Å². The molecule has 0 radical (unpaired) electrons. The van der Waals surface area contributed by atoms with Crippen molar-refractivity contribution in [3.63, 3.8) is 0 Å². The third-order valence-corrected chi connectivity index (χ3v) is 2.42. The molecule has 1 aromatic rings. The summed E-state index contributed by atoms with van der Waals surface area (Å²) in [5.74, 6) is -0.831. The molecule has 0 bridgehead atoms. The van der Waals surface area contributed by atoms with Crippen LogP contribution in [0.2, 0.25) is 5.02 Å². The molecule has 19 heavy (non-hydrogen) atoms. The number of benzene rings is 1. The van der Waals surface area contributed by atoms with Gasteiger partial charge in [-0.05, 0) is 12.1 Å². The van der Waals surface area contributed by atoms with Gasteiger partial charge in [0.05, 0.1) is 4.92 Å². The van der Waals surface area contributed by atoms with Gasteiger partial charge in [0.2, 0.25) is 5.91 Å². The fraction of sp³-hybridized carbons (Fsp3) is 0.273. The Bertz CT molecular complexity index is 519. The van der Waals surface area contributed by atoms with Gasteiger partial charge >= 0.3 is 0 Å². The number of nitro benzene ring substituents is 1. The topological polar surface area (TPSA) is 101 Å². The molecule has 1 rings (SSSR count). The molecule has 2 amide bonds. The molecule has 0 aromatic heterocycles. The largest absolute Gasteiger partial charge is 0.355 e. The Hall–Kier alpha value is -2.15. The van der Waals surface area contributed by atoms with Crippen molar-refractivity contribution in [3.8, 4) is 0 Å². The van der Waals surface area contributed by atoms with Crippen LogP contribution in [0, 0.1) is 10.1 Å². The number of carbonyl (C=O) groups is 2. The smallest absolute Gasteiger partial charge is 0.282 e. The maximum Gasteiger partial charge on any atom is 0.282 e. The first-order valence-electron chi connectivity index (χ1n) is 5.38. The molecule has 0 aliphatic heterocycles. The number of carbonyl (C=O) groups excluding carboxylic acids is 2. The molecule has 0 saturated heterocycles. The van der Waals surface area contributed by atoms with Crippen LogP contribution in [-0.2, 0) is 4.79 Å². The zero-order valence-electron chi connectivity index (χ0n) is 10.1. The van der Waals surface area contributed by atoms with Crippen LogP contribution >= 0.6 is 11.6 Å². The third-order valence-electron chi connectivity index (χ3n) is 2.18. The van der Waals surface area contributed by atoms with Crippen molar-refractivity contribution < 1.29 is 14.5 Å². The van der Waals surface area contributed by atoms with Crippen molar-refractivity contribution in [2.75, 3.05) is 13.1 Å². The summed E-state index contributed by atoms with van der Waals surface area (Å²) >= 11 is 5.71. The lowest BCUT2D eigenvalue weighted by Crippen LogP contribution is -2.33. The number of nitrogens with zero attached hydrogens (tertiary/aromatic N) is 1. The number of hydrogen-bond donors (Lipinski definition) is 2. The Balaban J connectivity index is 2.73. The standard InChI is InChI=1S/C11H12ClN3O4/c1-7(16)13-4-5-14-11(17)9-6-8(12)2-3-10(9)15(18)19/h2-3,6H,4-5H2,1H3,(H,13,16)(H,14,17). The zero-order chi connectivity index (χ0) is 14.4. The van der Waals surface area contributed by atoms with Gasteiger partial charge in [-0.2, -0.15) is 0 Å². The highest BCUT2D eigenvalue weighted by Gasteiger charge is 2.19. The molecule has 0 atom stereocenters. The minimum Gasteiger partial charge on any atom is -0.355 e. The van der Waals surface area contributed by atoms with Crippen molar-refractivity contribution in [2.24, 2.45) is 0 Å². The van der Waals surface area contributed by atoms with Gasteiger partial charge < -0.3 is 10.6 Å². The normalized spacial score (nSPS) is 9.79. The van der Waals surface area contributed by atoms with E-state index >= 15 is 0 Å². The van der Waals surface area contributed by atoms with Gasteiger partial charge in [-0.15, -0.1) is 0 Å². The van der Waals surface area contributed by atoms with Crippen molar-refractivity contribution in [1.29, 1.82) is 0 Å². The van der Waals surface area contributed by atoms with Crippen LogP contribution < -0.4 is 10.6 Å². The summed E-state index contributed by atoms with van der Waals surface area (Å²) in [5.41, 5.74) is -0.429. The van der Waals surface area contributed by atoms with Gasteiger partial charge in [0, 0.05) is 31.1 Å². The summed E-state index contributed by atoms with van der Waals surface area (Å²) in [7, 11) is 0. The van der Waals surface area contributed by atoms with Crippen molar-refractivity contribution in [3.05, 3.63) is 38.9 Å². The highest BCUT2D eigenvalue weighted by molar-refractivity contribution is 6.31. The van der Waals surface area contributed by atoms with Gasteiger partial charge in [0.1, 0.15) is 5.56 Å². The fourth-order valence-electron chi connectivity index (χ4n) is 1.36. The monoisotopic (exact) mass is 285 g/mol. The minimum atomic E-state index is -0.654. The van der Waals surface area contributed by atoms with Crippen molar-refractivity contribution in [1.82, 2.24) is 10.6 Å². The molecule has 0 aliphatic carbocycles. The highest BCUT2D eigenvalue weighted by atomic mass is 35.5. The molecule has 0 fully saturated rings. The Labute approximate surface area is 114 Å². The zero-order valence-corrected chi connectivity index (χ0v) is 10.9. The molecule has 0 aliphatic rings. The van der Waals surface area contributed by atoms with Gasteiger partial charge in [-0.25, -0.2) is 0 Å². The lowest BCUT2D eigenvalue weighted by atomic mass is 10.1. The van der Waals surface area contributed by atoms with E-state index < -0.39 is 10.8 Å². The molecule has 0 saturated carbocycles. The van der Waals surface area contributed by atoms with Crippen LogP contribution in [0.5, 0.6) is 0 Å². The average Bonchev–Trinajstić information content (AvgIpc) is 2.33. The number of halogens is 1. The Morgan fingerprint density at radius 2 is 1.95 bits per heavy atom. The van der Waals surface area contributed by atoms with Crippen molar-refractivity contribution >= 4 is 29.1 Å². The molecule has 8 heteroatoms. The number of nitrogens with one attached hydrogen (secondary N) is 2. The van der Waals surface area contributed by atoms with E-state index in [4.69, 9.17) is 11.6 Å². The van der Waals surface area contributed by atoms with Gasteiger partial charge in [-0.3, -0.25) is 19.7 Å². The van der Waals surface area contributed by atoms with E-state index in [0.717, 1.165) is 0 Å². The van der Waals surface area contributed by atoms with Crippen LogP contribution in [0.15, 0.2) is 18.2 Å². The van der Waals surface area contributed by atoms with E-state index in [0.29, 0.717) is 0 Å². The summed E-state index contributed by atoms with van der Waals surface area (Å²) < 4.78 is 0. The lowest BCUT2D eigenvalue weighted by Gasteiger charge is -2.06. The van der Waals surface area contributed by atoms with Crippen LogP contribution in [0.4, 0.5) is 5.69 Å². The summed E-state index contributed by atoms with van der Waals surface area (Å²) in [6, 6.07) is 3.74. The number of nitro groups is 1. The third kappa shape index (κ3) is 4.55. The van der Waals surface area contributed by atoms with E-state index in [9.17, 15) is 19.7 Å². The molecular formula is C11H12ClN3O4. The molecule has 0 unspecified atom stereocenters. The van der Waals surface area contributed by atoms with E-state index in [2.05, 4.69) is 10.6 Å². The molecule has 7 nitrogen and oxygen atoms in total. The maximum atomic E-state index is 11.8. The van der Waals surface area contributed by atoms with Gasteiger partial charge in [-0.1, -0.05) is 11.6 Å². The molecule has 102 valence electrons. The number of rotatable bonds is 5. The minimum absolute atomic E-state index is 0.111. The van der Waals surface area contributed by atoms with Crippen LogP contribution in [-0.4, -0.2) is 29.8 Å². The van der Waals surface area contributed by atoms with E-state index in [1.807, 2.05) is 0 Å². The second kappa shape index (κ2) is 6.69. The Morgan fingerprint density at radius 3 is 2.53 bits per heavy atom. The van der Waals surface area contributed by atoms with E-state index in [-0.39, 0.29) is 35.3 Å². The van der Waals surface area contributed by atoms with Crippen molar-refractivity contribution in [2.45, 2.75) is 6.92 Å². The number of amides is 2. The number of hydrogen-bond acceptors (Lipinski definition) is 4. The molecule has 0 spiro atoms. The second-order valence-corrected chi connectivity index (χ2v) is 4.09. The summed E-state index contributed by atoms with van der Waals surface area (Å²) in [6.07, 6.45) is 0. The second-order valence-electron chi connectivity index (χ2n) is 3.66. The van der Waals surface area contributed by atoms with Crippen LogP contribution in [0.3, 0.4) is 0 Å². The van der Waals surface area contributed by atoms with Crippen LogP contribution in [0.1, 0.15) is 17.3 Å². The molecular weight excluding hydrogens is 274 g/mol. The first-order valence-corrected chi connectivity index (χ1v) is 5.76. The Kier molecular flexibility index (Phi) is 5.25. The SMILES string of the molecule is CC(=O)NCCNC(=O)c1cc(Cl)ccc1[N+](=O)[O-]. The molecule has 0 heterocycles. The average molecular weight is 286 g/mol. The predicted molar refractivity (Wildman–Crippen MR) is 69.1 cm³/mol. The van der Waals surface area contributed by atoms with E-state index in [1.54, 1.807) is 0 Å². The van der Waals surface area contributed by atoms with Gasteiger partial charge in [0.25, 0.3) is 11.6 Å². The maximum absolute atomic E-state index is 11.8. The van der Waals surface area contributed by atoms with Crippen LogP contribution in [0.25, 0.3) is 0 Å². The Morgan fingerprint density at radius 1 is 1.32 bits per heavy atom. The van der Waals surface area contributed by atoms with E-state index in [1.165, 1.54) is 25.1 Å².